The predicted octanol–water partition coefficient (Wildman–Crippen LogP) is 3.33. The highest BCUT2D eigenvalue weighted by atomic mass is 16.2. The molecular formula is C20H30N2O2. The molecule has 1 saturated heterocycles. The molecule has 2 rings (SSSR count). The van der Waals surface area contributed by atoms with Crippen molar-refractivity contribution < 1.29 is 9.59 Å². The smallest absolute Gasteiger partial charge is 0.223 e. The maximum atomic E-state index is 12.4. The lowest BCUT2D eigenvalue weighted by Crippen LogP contribution is -2.47. The number of carbonyl (C=O) groups excluding carboxylic acids is 2. The van der Waals surface area contributed by atoms with Crippen molar-refractivity contribution >= 4 is 11.7 Å². The van der Waals surface area contributed by atoms with E-state index in [1.54, 1.807) is 0 Å². The molecule has 0 bridgehead atoms. The van der Waals surface area contributed by atoms with Gasteiger partial charge in [-0.3, -0.25) is 9.59 Å². The van der Waals surface area contributed by atoms with Crippen LogP contribution in [-0.2, 0) is 11.2 Å². The van der Waals surface area contributed by atoms with Gasteiger partial charge in [0.25, 0.3) is 0 Å². The maximum absolute atomic E-state index is 12.4. The molecule has 1 atom stereocenters. The fourth-order valence-corrected chi connectivity index (χ4v) is 3.32. The van der Waals surface area contributed by atoms with Crippen molar-refractivity contribution in [1.82, 2.24) is 4.90 Å². The summed E-state index contributed by atoms with van der Waals surface area (Å²) in [6, 6.07) is 7.99. The van der Waals surface area contributed by atoms with Gasteiger partial charge in [0.2, 0.25) is 5.91 Å². The van der Waals surface area contributed by atoms with Gasteiger partial charge >= 0.3 is 0 Å². The molecule has 0 radical (unpaired) electrons. The molecule has 24 heavy (non-hydrogen) atoms. The minimum absolute atomic E-state index is 0.0479. The number of carbonyl (C=O) groups is 2. The number of hydrogen-bond donors (Lipinski definition) is 1. The molecule has 2 N–H and O–H groups in total. The third-order valence-corrected chi connectivity index (χ3v) is 4.88. The van der Waals surface area contributed by atoms with E-state index in [9.17, 15) is 9.59 Å². The molecule has 0 aliphatic carbocycles. The molecule has 1 aliphatic heterocycles. The van der Waals surface area contributed by atoms with Crippen LogP contribution < -0.4 is 5.73 Å². The third-order valence-electron chi connectivity index (χ3n) is 4.88. The Morgan fingerprint density at radius 2 is 1.92 bits per heavy atom. The standard InChI is InChI=1S/C20H30N2O2/c1-2-3-6-16-8-10-17(11-9-16)19(23)12-13-20(24)22-14-5-4-7-18(22)15-21/h8-11,18H,2-7,12-15,21H2,1H3. The number of piperidine rings is 1. The summed E-state index contributed by atoms with van der Waals surface area (Å²) in [5, 5.41) is 0. The van der Waals surface area contributed by atoms with Crippen LogP contribution in [0.15, 0.2) is 24.3 Å². The molecule has 0 saturated carbocycles. The van der Waals surface area contributed by atoms with Crippen LogP contribution >= 0.6 is 0 Å². The second kappa shape index (κ2) is 9.58. The SMILES string of the molecule is CCCCc1ccc(C(=O)CCC(=O)N2CCCCC2CN)cc1. The molecule has 4 heteroatoms. The number of amides is 1. The Labute approximate surface area is 145 Å². The average molecular weight is 330 g/mol. The highest BCUT2D eigenvalue weighted by Crippen LogP contribution is 2.18. The molecule has 132 valence electrons. The summed E-state index contributed by atoms with van der Waals surface area (Å²) in [6.07, 6.45) is 7.11. The van der Waals surface area contributed by atoms with Crippen LogP contribution in [0.5, 0.6) is 0 Å². The zero-order valence-corrected chi connectivity index (χ0v) is 14.8. The number of nitrogens with zero attached hydrogens (tertiary/aromatic N) is 1. The van der Waals surface area contributed by atoms with Crippen molar-refractivity contribution in [3.8, 4) is 0 Å². The molecule has 1 amide bonds. The molecule has 1 heterocycles. The third kappa shape index (κ3) is 5.17. The summed E-state index contributed by atoms with van der Waals surface area (Å²) < 4.78 is 0. The summed E-state index contributed by atoms with van der Waals surface area (Å²) in [4.78, 5) is 26.6. The predicted molar refractivity (Wildman–Crippen MR) is 97.0 cm³/mol. The Morgan fingerprint density at radius 3 is 2.58 bits per heavy atom. The van der Waals surface area contributed by atoms with Crippen LogP contribution in [0.2, 0.25) is 0 Å². The van der Waals surface area contributed by atoms with Crippen LogP contribution in [0.3, 0.4) is 0 Å². The zero-order chi connectivity index (χ0) is 17.4. The van der Waals surface area contributed by atoms with Crippen molar-refractivity contribution in [3.05, 3.63) is 35.4 Å². The highest BCUT2D eigenvalue weighted by molar-refractivity contribution is 5.98. The molecule has 1 aliphatic rings. The van der Waals surface area contributed by atoms with E-state index < -0.39 is 0 Å². The fraction of sp³-hybridized carbons (Fsp3) is 0.600. The van der Waals surface area contributed by atoms with Crippen molar-refractivity contribution in [3.63, 3.8) is 0 Å². The van der Waals surface area contributed by atoms with E-state index in [0.29, 0.717) is 12.1 Å². The van der Waals surface area contributed by atoms with Crippen molar-refractivity contribution in [1.29, 1.82) is 0 Å². The Morgan fingerprint density at radius 1 is 1.17 bits per heavy atom. The first-order chi connectivity index (χ1) is 11.7. The molecule has 4 nitrogen and oxygen atoms in total. The molecule has 1 fully saturated rings. The second-order valence-electron chi connectivity index (χ2n) is 6.70. The van der Waals surface area contributed by atoms with E-state index in [0.717, 1.165) is 32.2 Å². The number of Topliss-reactive ketones (excluding diaryl/α,β-unsaturated/α-hetero) is 1. The second-order valence-corrected chi connectivity index (χ2v) is 6.70. The monoisotopic (exact) mass is 330 g/mol. The van der Waals surface area contributed by atoms with E-state index >= 15 is 0 Å². The van der Waals surface area contributed by atoms with Crippen molar-refractivity contribution in [2.75, 3.05) is 13.1 Å². The van der Waals surface area contributed by atoms with E-state index in [2.05, 4.69) is 6.92 Å². The first-order valence-corrected chi connectivity index (χ1v) is 9.27. The van der Waals surface area contributed by atoms with E-state index in [1.165, 1.54) is 18.4 Å². The first kappa shape index (κ1) is 18.7. The van der Waals surface area contributed by atoms with E-state index in [-0.39, 0.29) is 30.6 Å². The molecule has 0 aromatic heterocycles. The molecule has 0 spiro atoms. The number of unbranched alkanes of at least 4 members (excludes halogenated alkanes) is 1. The van der Waals surface area contributed by atoms with E-state index in [1.807, 2.05) is 29.2 Å². The number of aryl methyl sites for hydroxylation is 1. The lowest BCUT2D eigenvalue weighted by atomic mass is 10.00. The molecule has 1 aromatic carbocycles. The number of benzene rings is 1. The Bertz CT molecular complexity index is 539. The van der Waals surface area contributed by atoms with Crippen molar-refractivity contribution in [2.45, 2.75) is 64.3 Å². The van der Waals surface area contributed by atoms with Gasteiger partial charge in [-0.2, -0.15) is 0 Å². The number of ketones is 1. The summed E-state index contributed by atoms with van der Waals surface area (Å²) in [5.41, 5.74) is 7.74. The summed E-state index contributed by atoms with van der Waals surface area (Å²) in [7, 11) is 0. The van der Waals surface area contributed by atoms with Gasteiger partial charge < -0.3 is 10.6 Å². The maximum Gasteiger partial charge on any atom is 0.223 e. The van der Waals surface area contributed by atoms with Gasteiger partial charge in [0, 0.05) is 37.5 Å². The zero-order valence-electron chi connectivity index (χ0n) is 14.8. The quantitative estimate of drug-likeness (QED) is 0.744. The Kier molecular flexibility index (Phi) is 7.44. The van der Waals surface area contributed by atoms with Gasteiger partial charge in [-0.05, 0) is 37.7 Å². The Hall–Kier alpha value is -1.68. The first-order valence-electron chi connectivity index (χ1n) is 9.27. The van der Waals surface area contributed by atoms with Crippen LogP contribution in [-0.4, -0.2) is 35.7 Å². The van der Waals surface area contributed by atoms with Crippen LogP contribution in [0, 0.1) is 0 Å². The summed E-state index contributed by atoms with van der Waals surface area (Å²) >= 11 is 0. The number of nitrogens with two attached hydrogens (primary N) is 1. The van der Waals surface area contributed by atoms with Gasteiger partial charge in [0.15, 0.2) is 5.78 Å². The summed E-state index contributed by atoms with van der Waals surface area (Å²) in [6.45, 7) is 3.46. The van der Waals surface area contributed by atoms with Gasteiger partial charge in [-0.25, -0.2) is 0 Å². The van der Waals surface area contributed by atoms with Gasteiger partial charge in [0.1, 0.15) is 0 Å². The Balaban J connectivity index is 1.84. The molecule has 1 aromatic rings. The average Bonchev–Trinajstić information content (AvgIpc) is 2.64. The van der Waals surface area contributed by atoms with Crippen LogP contribution in [0.4, 0.5) is 0 Å². The minimum atomic E-state index is 0.0479. The number of likely N-dealkylation sites (tertiary alicyclic amines) is 1. The topological polar surface area (TPSA) is 63.4 Å². The van der Waals surface area contributed by atoms with E-state index in [4.69, 9.17) is 5.73 Å². The highest BCUT2D eigenvalue weighted by Gasteiger charge is 2.25. The molecular weight excluding hydrogens is 300 g/mol. The van der Waals surface area contributed by atoms with Crippen LogP contribution in [0.25, 0.3) is 0 Å². The van der Waals surface area contributed by atoms with Gasteiger partial charge in [-0.1, -0.05) is 37.6 Å². The normalized spacial score (nSPS) is 17.8. The van der Waals surface area contributed by atoms with Crippen molar-refractivity contribution in [2.24, 2.45) is 5.73 Å². The molecule has 1 unspecified atom stereocenters. The number of rotatable bonds is 8. The lowest BCUT2D eigenvalue weighted by Gasteiger charge is -2.35. The van der Waals surface area contributed by atoms with Crippen LogP contribution in [0.1, 0.15) is 67.8 Å². The largest absolute Gasteiger partial charge is 0.338 e. The lowest BCUT2D eigenvalue weighted by molar-refractivity contribution is -0.134. The summed E-state index contributed by atoms with van der Waals surface area (Å²) in [5.74, 6) is 0.116. The minimum Gasteiger partial charge on any atom is -0.338 e. The fourth-order valence-electron chi connectivity index (χ4n) is 3.32. The van der Waals surface area contributed by atoms with Gasteiger partial charge in [0.05, 0.1) is 0 Å². The van der Waals surface area contributed by atoms with Gasteiger partial charge in [-0.15, -0.1) is 0 Å². The number of hydrogen-bond acceptors (Lipinski definition) is 3.